The van der Waals surface area contributed by atoms with Crippen LogP contribution in [0, 0.1) is 5.92 Å². The summed E-state index contributed by atoms with van der Waals surface area (Å²) >= 11 is 0. The lowest BCUT2D eigenvalue weighted by molar-refractivity contribution is -0.120. The second-order valence-electron chi connectivity index (χ2n) is 7.46. The summed E-state index contributed by atoms with van der Waals surface area (Å²) in [6.45, 7) is 5.84. The number of hydrogen-bond donors (Lipinski definition) is 1. The van der Waals surface area contributed by atoms with Gasteiger partial charge in [0.1, 0.15) is 6.04 Å². The van der Waals surface area contributed by atoms with E-state index in [2.05, 4.69) is 5.32 Å². The zero-order chi connectivity index (χ0) is 21.8. The van der Waals surface area contributed by atoms with Crippen molar-refractivity contribution in [1.82, 2.24) is 4.90 Å². The smallest absolute Gasteiger partial charge is 0.338 e. The molecule has 0 spiro atoms. The number of rotatable bonds is 7. The first-order valence-corrected chi connectivity index (χ1v) is 9.88. The fraction of sp³-hybridized carbons (Fsp3) is 0.304. The first-order valence-electron chi connectivity index (χ1n) is 9.88. The summed E-state index contributed by atoms with van der Waals surface area (Å²) in [7, 11) is 0. The van der Waals surface area contributed by atoms with Crippen LogP contribution in [0.25, 0.3) is 0 Å². The maximum Gasteiger partial charge on any atom is 0.338 e. The van der Waals surface area contributed by atoms with Crippen molar-refractivity contribution in [2.75, 3.05) is 11.9 Å². The largest absolute Gasteiger partial charge is 0.462 e. The number of benzene rings is 2. The number of esters is 1. The molecular formula is C23H24N2O5. The molecule has 1 N–H and O–H groups in total. The maximum absolute atomic E-state index is 13.0. The fourth-order valence-corrected chi connectivity index (χ4v) is 3.40. The molecule has 1 atom stereocenters. The molecule has 0 saturated carbocycles. The minimum atomic E-state index is -0.942. The van der Waals surface area contributed by atoms with Crippen molar-refractivity contribution in [2.24, 2.45) is 5.92 Å². The molecule has 2 aromatic rings. The van der Waals surface area contributed by atoms with E-state index in [-0.39, 0.29) is 12.5 Å². The highest BCUT2D eigenvalue weighted by molar-refractivity contribution is 6.23. The average Bonchev–Trinajstić information content (AvgIpc) is 2.97. The van der Waals surface area contributed by atoms with Crippen LogP contribution in [0.1, 0.15) is 58.3 Å². The number of fused-ring (bicyclic) bond motifs is 1. The Kier molecular flexibility index (Phi) is 6.30. The third kappa shape index (κ3) is 4.25. The summed E-state index contributed by atoms with van der Waals surface area (Å²) in [5.74, 6) is -1.75. The molecule has 0 fully saturated rings. The van der Waals surface area contributed by atoms with Crippen molar-refractivity contribution < 1.29 is 23.9 Å². The van der Waals surface area contributed by atoms with E-state index in [0.29, 0.717) is 28.8 Å². The van der Waals surface area contributed by atoms with Crippen molar-refractivity contribution in [3.63, 3.8) is 0 Å². The number of ether oxygens (including phenoxy) is 1. The van der Waals surface area contributed by atoms with Crippen LogP contribution in [0.3, 0.4) is 0 Å². The Balaban J connectivity index is 1.81. The monoisotopic (exact) mass is 408 g/mol. The predicted octanol–water partition coefficient (Wildman–Crippen LogP) is 3.51. The molecule has 1 aliphatic heterocycles. The lowest BCUT2D eigenvalue weighted by Crippen LogP contribution is -2.47. The summed E-state index contributed by atoms with van der Waals surface area (Å²) in [6.07, 6.45) is 0.332. The van der Waals surface area contributed by atoms with E-state index in [9.17, 15) is 19.2 Å². The van der Waals surface area contributed by atoms with E-state index >= 15 is 0 Å². The van der Waals surface area contributed by atoms with Gasteiger partial charge in [-0.2, -0.15) is 0 Å². The fourth-order valence-electron chi connectivity index (χ4n) is 3.40. The average molecular weight is 408 g/mol. The molecule has 30 heavy (non-hydrogen) atoms. The zero-order valence-corrected chi connectivity index (χ0v) is 17.2. The Morgan fingerprint density at radius 2 is 1.53 bits per heavy atom. The van der Waals surface area contributed by atoms with Gasteiger partial charge < -0.3 is 10.1 Å². The summed E-state index contributed by atoms with van der Waals surface area (Å²) in [4.78, 5) is 51.6. The molecule has 0 radical (unpaired) electrons. The van der Waals surface area contributed by atoms with E-state index in [0.717, 1.165) is 4.90 Å². The second-order valence-corrected chi connectivity index (χ2v) is 7.46. The summed E-state index contributed by atoms with van der Waals surface area (Å²) in [5.41, 5.74) is 1.44. The zero-order valence-electron chi connectivity index (χ0n) is 17.2. The van der Waals surface area contributed by atoms with Crippen molar-refractivity contribution in [3.05, 3.63) is 65.2 Å². The van der Waals surface area contributed by atoms with Crippen molar-refractivity contribution in [3.8, 4) is 0 Å². The van der Waals surface area contributed by atoms with Gasteiger partial charge in [-0.1, -0.05) is 26.0 Å². The van der Waals surface area contributed by atoms with Crippen molar-refractivity contribution in [2.45, 2.75) is 33.2 Å². The van der Waals surface area contributed by atoms with Gasteiger partial charge in [-0.3, -0.25) is 19.3 Å². The molecule has 3 rings (SSSR count). The molecule has 0 aromatic heterocycles. The highest BCUT2D eigenvalue weighted by Crippen LogP contribution is 2.27. The number of amides is 3. The molecule has 3 amide bonds. The topological polar surface area (TPSA) is 92.8 Å². The van der Waals surface area contributed by atoms with Gasteiger partial charge >= 0.3 is 5.97 Å². The summed E-state index contributed by atoms with van der Waals surface area (Å²) in [6, 6.07) is 11.9. The SMILES string of the molecule is CCOC(=O)c1ccc(NC(=O)C(CC(C)C)N2C(=O)c3ccccc3C2=O)cc1. The van der Waals surface area contributed by atoms with Crippen LogP contribution in [-0.2, 0) is 9.53 Å². The minimum absolute atomic E-state index is 0.0799. The standard InChI is InChI=1S/C23H24N2O5/c1-4-30-23(29)15-9-11-16(12-10-15)24-20(26)19(13-14(2)3)25-21(27)17-7-5-6-8-18(17)22(25)28/h5-12,14,19H,4,13H2,1-3H3,(H,24,26). The minimum Gasteiger partial charge on any atom is -0.462 e. The Bertz CT molecular complexity index is 946. The first-order chi connectivity index (χ1) is 14.3. The Morgan fingerprint density at radius 3 is 2.03 bits per heavy atom. The number of carbonyl (C=O) groups excluding carboxylic acids is 4. The van der Waals surface area contributed by atoms with Gasteiger partial charge in [-0.25, -0.2) is 4.79 Å². The third-order valence-electron chi connectivity index (χ3n) is 4.80. The Hall–Kier alpha value is -3.48. The number of nitrogens with one attached hydrogen (secondary N) is 1. The number of nitrogens with zero attached hydrogens (tertiary/aromatic N) is 1. The van der Waals surface area contributed by atoms with Crippen LogP contribution in [0.15, 0.2) is 48.5 Å². The van der Waals surface area contributed by atoms with Crippen molar-refractivity contribution >= 4 is 29.4 Å². The van der Waals surface area contributed by atoms with Gasteiger partial charge in [0.25, 0.3) is 11.8 Å². The molecule has 156 valence electrons. The number of imide groups is 1. The number of carbonyl (C=O) groups is 4. The van der Waals surface area contributed by atoms with E-state index in [1.165, 1.54) is 0 Å². The van der Waals surface area contributed by atoms with E-state index in [1.54, 1.807) is 55.5 Å². The van der Waals surface area contributed by atoms with Crippen LogP contribution in [0.4, 0.5) is 5.69 Å². The number of anilines is 1. The Morgan fingerprint density at radius 1 is 0.967 bits per heavy atom. The number of hydrogen-bond acceptors (Lipinski definition) is 5. The van der Waals surface area contributed by atoms with Crippen LogP contribution in [0.2, 0.25) is 0 Å². The second kappa shape index (κ2) is 8.90. The van der Waals surface area contributed by atoms with Gasteiger partial charge in [0.15, 0.2) is 0 Å². The highest BCUT2D eigenvalue weighted by Gasteiger charge is 2.42. The van der Waals surface area contributed by atoms with Crippen LogP contribution < -0.4 is 5.32 Å². The maximum atomic E-state index is 13.0. The quantitative estimate of drug-likeness (QED) is 0.559. The molecular weight excluding hydrogens is 384 g/mol. The van der Waals surface area contributed by atoms with E-state index < -0.39 is 29.7 Å². The van der Waals surface area contributed by atoms with Gasteiger partial charge in [0.2, 0.25) is 5.91 Å². The van der Waals surface area contributed by atoms with Crippen molar-refractivity contribution in [1.29, 1.82) is 0 Å². The van der Waals surface area contributed by atoms with Crippen LogP contribution in [-0.4, -0.2) is 41.2 Å². The lowest BCUT2D eigenvalue weighted by Gasteiger charge is -2.26. The molecule has 2 aromatic carbocycles. The van der Waals surface area contributed by atoms with Crippen LogP contribution >= 0.6 is 0 Å². The van der Waals surface area contributed by atoms with Gasteiger partial charge in [0.05, 0.1) is 23.3 Å². The van der Waals surface area contributed by atoms with Gasteiger partial charge in [-0.05, 0) is 55.7 Å². The molecule has 1 heterocycles. The summed E-state index contributed by atoms with van der Waals surface area (Å²) in [5, 5.41) is 2.75. The lowest BCUT2D eigenvalue weighted by atomic mass is 10.0. The normalized spacial score (nSPS) is 13.9. The van der Waals surface area contributed by atoms with Gasteiger partial charge in [-0.15, -0.1) is 0 Å². The van der Waals surface area contributed by atoms with Gasteiger partial charge in [0, 0.05) is 5.69 Å². The summed E-state index contributed by atoms with van der Waals surface area (Å²) < 4.78 is 4.94. The molecule has 0 saturated heterocycles. The molecule has 1 aliphatic rings. The molecule has 7 nitrogen and oxygen atoms in total. The molecule has 0 aliphatic carbocycles. The molecule has 0 bridgehead atoms. The predicted molar refractivity (Wildman–Crippen MR) is 111 cm³/mol. The highest BCUT2D eigenvalue weighted by atomic mass is 16.5. The van der Waals surface area contributed by atoms with E-state index in [4.69, 9.17) is 4.74 Å². The first kappa shape index (κ1) is 21.2. The Labute approximate surface area is 175 Å². The van der Waals surface area contributed by atoms with E-state index in [1.807, 2.05) is 13.8 Å². The molecule has 1 unspecified atom stereocenters. The van der Waals surface area contributed by atoms with Crippen LogP contribution in [0.5, 0.6) is 0 Å². The molecule has 7 heteroatoms. The third-order valence-corrected chi connectivity index (χ3v) is 4.80.